The molecule has 2 aromatic carbocycles. The van der Waals surface area contributed by atoms with Crippen LogP contribution in [-0.2, 0) is 9.59 Å². The topological polar surface area (TPSA) is 57.7 Å². The second-order valence-electron chi connectivity index (χ2n) is 9.79. The lowest BCUT2D eigenvalue weighted by atomic mass is 9.63. The third-order valence-corrected chi connectivity index (χ3v) is 7.95. The quantitative estimate of drug-likeness (QED) is 0.549. The Morgan fingerprint density at radius 2 is 1.56 bits per heavy atom. The van der Waals surface area contributed by atoms with Gasteiger partial charge in [0.1, 0.15) is 6.67 Å². The fraction of sp³-hybridized carbons (Fsp3) is 0.370. The maximum absolute atomic E-state index is 13.6. The van der Waals surface area contributed by atoms with Crippen LogP contribution in [0.25, 0.3) is 0 Å². The minimum absolute atomic E-state index is 0.0446. The molecule has 5 nitrogen and oxygen atoms in total. The number of likely N-dealkylation sites (tertiary alicyclic amines) is 1. The van der Waals surface area contributed by atoms with Gasteiger partial charge in [-0.3, -0.25) is 24.2 Å². The Hall–Kier alpha value is -3.21. The van der Waals surface area contributed by atoms with Crippen molar-refractivity contribution in [2.75, 3.05) is 11.6 Å². The Balaban J connectivity index is 1.36. The maximum atomic E-state index is 13.6. The number of rotatable bonds is 4. The summed E-state index contributed by atoms with van der Waals surface area (Å²) in [4.78, 5) is 43.5. The number of carbonyl (C=O) groups excluding carboxylic acids is 3. The smallest absolute Gasteiger partial charge is 0.259 e. The molecule has 4 aliphatic carbocycles. The number of hydrogen-bond donors (Lipinski definition) is 0. The lowest BCUT2D eigenvalue weighted by Gasteiger charge is -2.37. The van der Waals surface area contributed by atoms with Crippen molar-refractivity contribution < 1.29 is 14.4 Å². The van der Waals surface area contributed by atoms with Crippen LogP contribution in [0, 0.1) is 49.4 Å². The number of hydrogen-bond acceptors (Lipinski definition) is 3. The molecular weight excluding hydrogens is 400 g/mol. The molecule has 0 radical (unpaired) electrons. The van der Waals surface area contributed by atoms with E-state index in [1.807, 2.05) is 50.2 Å². The first-order valence-corrected chi connectivity index (χ1v) is 11.4. The average Bonchev–Trinajstić information content (AvgIpc) is 3.58. The molecule has 0 unspecified atom stereocenters. The SMILES string of the molecule is Cc1ccc(N(CN2C(=O)[C@H]3[C@@H]4C=C[C@H]([C@H]5C[C@H]45)[C@@H]3C2=O)C(=O)c2ccccc2)c(C)c1. The standard InChI is InChI=1S/C27H26N2O3/c1-15-8-11-22(16(2)12-15)28(25(30)17-6-4-3-5-7-17)14-29-26(31)23-18-9-10-19(21-13-20(18)21)24(23)27(29)32/h3-12,18-21,23-24H,13-14H2,1-2H3/t18-,19-,20-,21-,23+,24+/m1/s1. The minimum atomic E-state index is -0.256. The Morgan fingerprint density at radius 3 is 2.16 bits per heavy atom. The van der Waals surface area contributed by atoms with Gasteiger partial charge in [-0.2, -0.15) is 0 Å². The molecule has 5 heteroatoms. The normalized spacial score (nSPS) is 31.5. The molecule has 2 bridgehead atoms. The number of allylic oxidation sites excluding steroid dienone is 2. The van der Waals surface area contributed by atoms with Gasteiger partial charge in [0.15, 0.2) is 0 Å². The second kappa shape index (κ2) is 6.89. The van der Waals surface area contributed by atoms with E-state index < -0.39 is 0 Å². The van der Waals surface area contributed by atoms with Gasteiger partial charge in [0, 0.05) is 11.3 Å². The van der Waals surface area contributed by atoms with Gasteiger partial charge in [0.05, 0.1) is 11.8 Å². The summed E-state index contributed by atoms with van der Waals surface area (Å²) >= 11 is 0. The van der Waals surface area contributed by atoms with Crippen molar-refractivity contribution in [3.63, 3.8) is 0 Å². The lowest BCUT2D eigenvalue weighted by Crippen LogP contribution is -2.45. The van der Waals surface area contributed by atoms with E-state index in [1.165, 1.54) is 4.90 Å². The molecule has 0 N–H and O–H groups in total. The summed E-state index contributed by atoms with van der Waals surface area (Å²) in [5.74, 6) is 0.529. The Bertz CT molecular complexity index is 1130. The number of aryl methyl sites for hydroxylation is 2. The van der Waals surface area contributed by atoms with Gasteiger partial charge in [0.2, 0.25) is 11.8 Å². The first-order valence-electron chi connectivity index (χ1n) is 11.4. The van der Waals surface area contributed by atoms with Crippen LogP contribution in [-0.4, -0.2) is 29.3 Å². The lowest BCUT2D eigenvalue weighted by molar-refractivity contribution is -0.140. The van der Waals surface area contributed by atoms with Crippen molar-refractivity contribution in [3.05, 3.63) is 77.4 Å². The highest BCUT2D eigenvalue weighted by atomic mass is 16.2. The van der Waals surface area contributed by atoms with E-state index in [0.717, 1.165) is 23.2 Å². The summed E-state index contributed by atoms with van der Waals surface area (Å²) in [6.07, 6.45) is 5.48. The zero-order valence-electron chi connectivity index (χ0n) is 18.3. The fourth-order valence-corrected chi connectivity index (χ4v) is 6.39. The molecular formula is C27H26N2O3. The summed E-state index contributed by atoms with van der Waals surface area (Å²) in [7, 11) is 0. The predicted molar refractivity (Wildman–Crippen MR) is 121 cm³/mol. The van der Waals surface area contributed by atoms with Gasteiger partial charge >= 0.3 is 0 Å². The molecule has 3 amide bonds. The highest BCUT2D eigenvalue weighted by Crippen LogP contribution is 2.65. The molecule has 0 spiro atoms. The van der Waals surface area contributed by atoms with Crippen molar-refractivity contribution in [1.82, 2.24) is 4.90 Å². The van der Waals surface area contributed by atoms with Crippen molar-refractivity contribution in [1.29, 1.82) is 0 Å². The zero-order chi connectivity index (χ0) is 22.1. The van der Waals surface area contributed by atoms with Crippen LogP contribution in [0.5, 0.6) is 0 Å². The van der Waals surface area contributed by atoms with Crippen LogP contribution >= 0.6 is 0 Å². The fourth-order valence-electron chi connectivity index (χ4n) is 6.39. The van der Waals surface area contributed by atoms with Gasteiger partial charge in [-0.05, 0) is 67.7 Å². The first-order chi connectivity index (χ1) is 15.5. The van der Waals surface area contributed by atoms with Crippen LogP contribution in [0.3, 0.4) is 0 Å². The molecule has 2 saturated carbocycles. The van der Waals surface area contributed by atoms with Crippen molar-refractivity contribution in [3.8, 4) is 0 Å². The Labute approximate surface area is 187 Å². The molecule has 0 aromatic heterocycles. The Kier molecular flexibility index (Phi) is 4.19. The van der Waals surface area contributed by atoms with Crippen LogP contribution < -0.4 is 4.90 Å². The summed E-state index contributed by atoms with van der Waals surface area (Å²) in [5, 5.41) is 0. The summed E-state index contributed by atoms with van der Waals surface area (Å²) < 4.78 is 0. The molecule has 32 heavy (non-hydrogen) atoms. The zero-order valence-corrected chi connectivity index (χ0v) is 18.3. The molecule has 6 atom stereocenters. The Morgan fingerprint density at radius 1 is 0.938 bits per heavy atom. The first kappa shape index (κ1) is 19.5. The number of amides is 3. The van der Waals surface area contributed by atoms with Crippen molar-refractivity contribution in [2.24, 2.45) is 35.5 Å². The second-order valence-corrected chi connectivity index (χ2v) is 9.79. The third-order valence-electron chi connectivity index (χ3n) is 7.95. The van der Waals surface area contributed by atoms with E-state index >= 15 is 0 Å². The van der Waals surface area contributed by atoms with Crippen molar-refractivity contribution in [2.45, 2.75) is 20.3 Å². The average molecular weight is 427 g/mol. The molecule has 162 valence electrons. The number of anilines is 1. The van der Waals surface area contributed by atoms with Crippen LogP contribution in [0.2, 0.25) is 0 Å². The molecule has 5 aliphatic rings. The number of imide groups is 1. The summed E-state index contributed by atoms with van der Waals surface area (Å²) in [5.41, 5.74) is 3.30. The van der Waals surface area contributed by atoms with Crippen molar-refractivity contribution >= 4 is 23.4 Å². The highest BCUT2D eigenvalue weighted by molar-refractivity contribution is 6.10. The van der Waals surface area contributed by atoms with E-state index in [4.69, 9.17) is 0 Å². The monoisotopic (exact) mass is 426 g/mol. The molecule has 1 aliphatic heterocycles. The van der Waals surface area contributed by atoms with Crippen LogP contribution in [0.1, 0.15) is 27.9 Å². The molecule has 3 fully saturated rings. The van der Waals surface area contributed by atoms with Gasteiger partial charge in [-0.15, -0.1) is 0 Å². The van der Waals surface area contributed by atoms with Gasteiger partial charge in [0.25, 0.3) is 5.91 Å². The van der Waals surface area contributed by atoms with E-state index in [0.29, 0.717) is 17.4 Å². The van der Waals surface area contributed by atoms with E-state index in [2.05, 4.69) is 12.2 Å². The highest BCUT2D eigenvalue weighted by Gasteiger charge is 2.67. The van der Waals surface area contributed by atoms with Gasteiger partial charge in [-0.1, -0.05) is 48.0 Å². The van der Waals surface area contributed by atoms with Gasteiger partial charge in [-0.25, -0.2) is 0 Å². The molecule has 2 aromatic rings. The summed E-state index contributed by atoms with van der Waals surface area (Å²) in [6, 6.07) is 14.9. The van der Waals surface area contributed by atoms with E-state index in [-0.39, 0.29) is 48.1 Å². The summed E-state index contributed by atoms with van der Waals surface area (Å²) in [6.45, 7) is 3.92. The molecule has 1 heterocycles. The largest absolute Gasteiger partial charge is 0.289 e. The van der Waals surface area contributed by atoms with E-state index in [1.54, 1.807) is 17.0 Å². The third kappa shape index (κ3) is 2.73. The van der Waals surface area contributed by atoms with Crippen LogP contribution in [0.15, 0.2) is 60.7 Å². The van der Waals surface area contributed by atoms with E-state index in [9.17, 15) is 14.4 Å². The number of carbonyl (C=O) groups is 3. The molecule has 7 rings (SSSR count). The van der Waals surface area contributed by atoms with Gasteiger partial charge < -0.3 is 0 Å². The maximum Gasteiger partial charge on any atom is 0.259 e. The van der Waals surface area contributed by atoms with Crippen LogP contribution in [0.4, 0.5) is 5.69 Å². The minimum Gasteiger partial charge on any atom is -0.289 e. The number of nitrogens with zero attached hydrogens (tertiary/aromatic N) is 2. The predicted octanol–water partition coefficient (Wildman–Crippen LogP) is 3.96. The molecule has 1 saturated heterocycles. The number of benzene rings is 2.